The number of oxazole rings is 1. The second-order valence-corrected chi connectivity index (χ2v) is 9.17. The largest absolute Gasteiger partial charge is 0.443 e. The minimum Gasteiger partial charge on any atom is -0.443 e. The van der Waals surface area contributed by atoms with Crippen LogP contribution in [0.2, 0.25) is 0 Å². The van der Waals surface area contributed by atoms with Gasteiger partial charge in [-0.3, -0.25) is 9.59 Å². The smallest absolute Gasteiger partial charge is 0.243 e. The van der Waals surface area contributed by atoms with Gasteiger partial charge < -0.3 is 24.3 Å². The van der Waals surface area contributed by atoms with Crippen LogP contribution in [0.1, 0.15) is 48.9 Å². The van der Waals surface area contributed by atoms with E-state index >= 15 is 0 Å². The summed E-state index contributed by atoms with van der Waals surface area (Å²) in [7, 11) is 0. The summed E-state index contributed by atoms with van der Waals surface area (Å²) in [5.74, 6) is 0.0131. The first-order valence-corrected chi connectivity index (χ1v) is 11.4. The van der Waals surface area contributed by atoms with Crippen molar-refractivity contribution < 1.29 is 23.6 Å². The van der Waals surface area contributed by atoms with Crippen LogP contribution in [0.5, 0.6) is 0 Å². The molecule has 9 heteroatoms. The number of aromatic nitrogens is 2. The van der Waals surface area contributed by atoms with Gasteiger partial charge in [0.1, 0.15) is 17.7 Å². The third-order valence-electron chi connectivity index (χ3n) is 6.18. The van der Waals surface area contributed by atoms with Crippen molar-refractivity contribution in [3.8, 4) is 11.3 Å². The first-order valence-electron chi connectivity index (χ1n) is 11.4. The van der Waals surface area contributed by atoms with Gasteiger partial charge in [0.05, 0.1) is 17.5 Å². The van der Waals surface area contributed by atoms with Crippen LogP contribution in [-0.2, 0) is 16.1 Å². The molecular formula is C25H30N4O5. The molecule has 1 aliphatic heterocycles. The van der Waals surface area contributed by atoms with Crippen LogP contribution >= 0.6 is 0 Å². The fourth-order valence-corrected chi connectivity index (χ4v) is 4.41. The van der Waals surface area contributed by atoms with Gasteiger partial charge in [0, 0.05) is 31.1 Å². The minimum atomic E-state index is -0.756. The molecule has 0 aliphatic carbocycles. The summed E-state index contributed by atoms with van der Waals surface area (Å²) in [5.41, 5.74) is 3.31. The molecule has 0 spiro atoms. The first-order chi connectivity index (χ1) is 16.2. The lowest BCUT2D eigenvalue weighted by molar-refractivity contribution is -0.141. The molecule has 2 aromatic heterocycles. The zero-order chi connectivity index (χ0) is 24.4. The number of amides is 2. The third-order valence-corrected chi connectivity index (χ3v) is 6.18. The average molecular weight is 467 g/mol. The molecule has 9 nitrogen and oxygen atoms in total. The fraction of sp³-hybridized carbons (Fsp3) is 0.440. The number of β-amino-alcohol motifs (C(OH)–C–C–N with tert-alkyl or cyclic N) is 1. The summed E-state index contributed by atoms with van der Waals surface area (Å²) >= 11 is 0. The topological polar surface area (TPSA) is 122 Å². The van der Waals surface area contributed by atoms with Crippen LogP contribution < -0.4 is 5.32 Å². The van der Waals surface area contributed by atoms with E-state index in [-0.39, 0.29) is 30.7 Å². The Kier molecular flexibility index (Phi) is 6.83. The Morgan fingerprint density at radius 2 is 1.97 bits per heavy atom. The zero-order valence-corrected chi connectivity index (χ0v) is 19.8. The number of nitrogens with one attached hydrogen (secondary N) is 1. The summed E-state index contributed by atoms with van der Waals surface area (Å²) in [6.07, 6.45) is 0.852. The number of benzene rings is 1. The first kappa shape index (κ1) is 23.7. The Morgan fingerprint density at radius 1 is 1.24 bits per heavy atom. The molecule has 180 valence electrons. The van der Waals surface area contributed by atoms with E-state index in [1.807, 2.05) is 45.0 Å². The van der Waals surface area contributed by atoms with E-state index in [0.29, 0.717) is 23.8 Å². The summed E-state index contributed by atoms with van der Waals surface area (Å²) in [6, 6.07) is 8.64. The van der Waals surface area contributed by atoms with E-state index in [0.717, 1.165) is 16.8 Å². The average Bonchev–Trinajstić information content (AvgIpc) is 3.52. The van der Waals surface area contributed by atoms with Crippen molar-refractivity contribution >= 4 is 11.8 Å². The monoisotopic (exact) mass is 466 g/mol. The van der Waals surface area contributed by atoms with E-state index in [1.165, 1.54) is 11.3 Å². The van der Waals surface area contributed by atoms with Crippen LogP contribution in [0.3, 0.4) is 0 Å². The van der Waals surface area contributed by atoms with Gasteiger partial charge in [-0.05, 0) is 25.3 Å². The van der Waals surface area contributed by atoms with Crippen molar-refractivity contribution in [3.63, 3.8) is 0 Å². The summed E-state index contributed by atoms with van der Waals surface area (Å²) in [4.78, 5) is 32.1. The van der Waals surface area contributed by atoms with Gasteiger partial charge >= 0.3 is 0 Å². The number of hydrogen-bond donors (Lipinski definition) is 2. The van der Waals surface area contributed by atoms with Crippen LogP contribution in [0.4, 0.5) is 0 Å². The number of aliphatic hydroxyl groups excluding tert-OH is 1. The Balaban J connectivity index is 1.43. The van der Waals surface area contributed by atoms with E-state index in [2.05, 4.69) is 15.5 Å². The molecule has 3 aromatic rings. The van der Waals surface area contributed by atoms with Gasteiger partial charge in [0.25, 0.3) is 0 Å². The standard InChI is InChI=1S/C25H30N4O5/c1-14(2)22(21-9-15(3)28-34-21)25(32)29-12-19(30)10-20(29)24(31)26-11-17-5-7-18(8-6-17)23-16(4)27-13-33-23/h5-9,13-14,19-20,22,30H,10-12H2,1-4H3,(H,26,31). The van der Waals surface area contributed by atoms with Gasteiger partial charge in [-0.15, -0.1) is 0 Å². The number of hydrogen-bond acceptors (Lipinski definition) is 7. The lowest BCUT2D eigenvalue weighted by atomic mass is 9.91. The molecule has 1 aromatic carbocycles. The second kappa shape index (κ2) is 9.80. The fourth-order valence-electron chi connectivity index (χ4n) is 4.41. The van der Waals surface area contributed by atoms with Crippen molar-refractivity contribution in [2.24, 2.45) is 5.92 Å². The summed E-state index contributed by atoms with van der Waals surface area (Å²) in [6.45, 7) is 7.93. The van der Waals surface area contributed by atoms with Crippen molar-refractivity contribution in [1.82, 2.24) is 20.4 Å². The number of nitrogens with zero attached hydrogens (tertiary/aromatic N) is 3. The molecule has 2 N–H and O–H groups in total. The van der Waals surface area contributed by atoms with Gasteiger partial charge in [-0.2, -0.15) is 0 Å². The van der Waals surface area contributed by atoms with Crippen molar-refractivity contribution in [2.45, 2.75) is 58.7 Å². The molecule has 1 saturated heterocycles. The molecular weight excluding hydrogens is 436 g/mol. The second-order valence-electron chi connectivity index (χ2n) is 9.17. The van der Waals surface area contributed by atoms with Gasteiger partial charge in [-0.25, -0.2) is 4.98 Å². The van der Waals surface area contributed by atoms with E-state index in [9.17, 15) is 14.7 Å². The van der Waals surface area contributed by atoms with Gasteiger partial charge in [0.15, 0.2) is 12.2 Å². The molecule has 0 radical (unpaired) electrons. The number of aliphatic hydroxyl groups is 1. The highest BCUT2D eigenvalue weighted by Crippen LogP contribution is 2.31. The quantitative estimate of drug-likeness (QED) is 0.549. The van der Waals surface area contributed by atoms with Crippen LogP contribution in [0, 0.1) is 19.8 Å². The van der Waals surface area contributed by atoms with Crippen LogP contribution in [0.15, 0.2) is 45.7 Å². The Morgan fingerprint density at radius 3 is 2.56 bits per heavy atom. The minimum absolute atomic E-state index is 0.0622. The zero-order valence-electron chi connectivity index (χ0n) is 19.8. The maximum Gasteiger partial charge on any atom is 0.243 e. The van der Waals surface area contributed by atoms with Crippen LogP contribution in [0.25, 0.3) is 11.3 Å². The van der Waals surface area contributed by atoms with Crippen molar-refractivity contribution in [2.75, 3.05) is 6.54 Å². The number of rotatable bonds is 7. The van der Waals surface area contributed by atoms with E-state index < -0.39 is 18.1 Å². The summed E-state index contributed by atoms with van der Waals surface area (Å²) in [5, 5.41) is 17.1. The normalized spacial score (nSPS) is 18.9. The van der Waals surface area contributed by atoms with E-state index in [1.54, 1.807) is 13.0 Å². The number of carbonyl (C=O) groups is 2. The van der Waals surface area contributed by atoms with Gasteiger partial charge in [-0.1, -0.05) is 43.3 Å². The van der Waals surface area contributed by atoms with Crippen molar-refractivity contribution in [1.29, 1.82) is 0 Å². The molecule has 0 bridgehead atoms. The molecule has 2 amide bonds. The maximum absolute atomic E-state index is 13.4. The maximum atomic E-state index is 13.4. The molecule has 3 unspecified atom stereocenters. The molecule has 4 rings (SSSR count). The Bertz CT molecular complexity index is 1150. The van der Waals surface area contributed by atoms with Crippen molar-refractivity contribution in [3.05, 3.63) is 59.4 Å². The number of aryl methyl sites for hydroxylation is 2. The highest BCUT2D eigenvalue weighted by atomic mass is 16.5. The number of likely N-dealkylation sites (tertiary alicyclic amines) is 1. The van der Waals surface area contributed by atoms with Crippen LogP contribution in [-0.4, -0.2) is 50.7 Å². The third kappa shape index (κ3) is 4.89. The molecule has 3 atom stereocenters. The highest BCUT2D eigenvalue weighted by molar-refractivity contribution is 5.91. The summed E-state index contributed by atoms with van der Waals surface area (Å²) < 4.78 is 10.8. The Hall–Kier alpha value is -3.46. The molecule has 1 aliphatic rings. The number of carbonyl (C=O) groups excluding carboxylic acids is 2. The SMILES string of the molecule is Cc1cc(C(C(=O)N2CC(O)CC2C(=O)NCc2ccc(-c3ocnc3C)cc2)C(C)C)on1. The highest BCUT2D eigenvalue weighted by Gasteiger charge is 2.43. The molecule has 1 fully saturated rings. The molecule has 3 heterocycles. The molecule has 34 heavy (non-hydrogen) atoms. The lowest BCUT2D eigenvalue weighted by Crippen LogP contribution is -2.48. The predicted molar refractivity (Wildman–Crippen MR) is 123 cm³/mol. The predicted octanol–water partition coefficient (Wildman–Crippen LogP) is 2.96. The van der Waals surface area contributed by atoms with E-state index in [4.69, 9.17) is 8.94 Å². The van der Waals surface area contributed by atoms with Gasteiger partial charge in [0.2, 0.25) is 11.8 Å². The Labute approximate surface area is 198 Å². The lowest BCUT2D eigenvalue weighted by Gasteiger charge is -2.28. The molecule has 0 saturated carbocycles.